The van der Waals surface area contributed by atoms with Crippen molar-refractivity contribution in [3.63, 3.8) is 0 Å². The van der Waals surface area contributed by atoms with Crippen LogP contribution in [0.25, 0.3) is 0 Å². The van der Waals surface area contributed by atoms with E-state index in [0.717, 1.165) is 5.82 Å². The molecule has 1 unspecified atom stereocenters. The summed E-state index contributed by atoms with van der Waals surface area (Å²) in [4.78, 5) is 1.29. The van der Waals surface area contributed by atoms with E-state index >= 15 is 0 Å². The number of rotatable bonds is 3. The molecule has 0 spiro atoms. The molecule has 2 rings (SSSR count). The largest absolute Gasteiger partial charge is 0.308 e. The van der Waals surface area contributed by atoms with Gasteiger partial charge in [0.15, 0.2) is 0 Å². The maximum Gasteiger partial charge on any atom is 0.148 e. The maximum atomic E-state index is 5.76. The molecule has 0 saturated carbocycles. The Morgan fingerprint density at radius 3 is 3.14 bits per heavy atom. The van der Waals surface area contributed by atoms with Crippen molar-refractivity contribution in [2.24, 2.45) is 0 Å². The van der Waals surface area contributed by atoms with Crippen LogP contribution in [0.4, 0.5) is 0 Å². The van der Waals surface area contributed by atoms with Crippen molar-refractivity contribution in [1.82, 2.24) is 14.8 Å². The zero-order valence-electron chi connectivity index (χ0n) is 7.72. The summed E-state index contributed by atoms with van der Waals surface area (Å²) in [6, 6.07) is 4.41. The van der Waals surface area contributed by atoms with Crippen LogP contribution >= 0.6 is 22.9 Å². The van der Waals surface area contributed by atoms with Crippen molar-refractivity contribution < 1.29 is 0 Å². The summed E-state index contributed by atoms with van der Waals surface area (Å²) >= 11 is 7.49. The zero-order chi connectivity index (χ0) is 9.97. The molecular weight excluding hydrogens is 218 g/mol. The first-order valence-electron chi connectivity index (χ1n) is 4.30. The van der Waals surface area contributed by atoms with Crippen molar-refractivity contribution in [3.8, 4) is 0 Å². The van der Waals surface area contributed by atoms with Crippen LogP contribution in [0, 0.1) is 0 Å². The Balaban J connectivity index is 2.31. The lowest BCUT2D eigenvalue weighted by molar-refractivity contribution is 0.624. The second-order valence-electron chi connectivity index (χ2n) is 2.98. The first-order chi connectivity index (χ1) is 6.83. The van der Waals surface area contributed by atoms with E-state index < -0.39 is 0 Å². The third kappa shape index (κ3) is 1.67. The van der Waals surface area contributed by atoms with Crippen LogP contribution in [-0.2, 0) is 5.88 Å². The van der Waals surface area contributed by atoms with Crippen molar-refractivity contribution >= 4 is 22.9 Å². The fraction of sp³-hybridized carbons (Fsp3) is 0.333. The average Bonchev–Trinajstić information content (AvgIpc) is 2.87. The van der Waals surface area contributed by atoms with Gasteiger partial charge in [0.25, 0.3) is 0 Å². The molecule has 0 radical (unpaired) electrons. The predicted octanol–water partition coefficient (Wildman–Crippen LogP) is 2.69. The fourth-order valence-electron chi connectivity index (χ4n) is 1.35. The lowest BCUT2D eigenvalue weighted by atomic mass is 10.3. The van der Waals surface area contributed by atoms with Crippen molar-refractivity contribution in [2.45, 2.75) is 18.8 Å². The molecule has 74 valence electrons. The molecule has 3 nitrogen and oxygen atoms in total. The van der Waals surface area contributed by atoms with E-state index in [4.69, 9.17) is 11.6 Å². The highest BCUT2D eigenvalue weighted by Gasteiger charge is 2.12. The Morgan fingerprint density at radius 1 is 1.64 bits per heavy atom. The molecule has 0 aromatic carbocycles. The van der Waals surface area contributed by atoms with Gasteiger partial charge in [0.05, 0.1) is 11.9 Å². The average molecular weight is 228 g/mol. The molecule has 1 atom stereocenters. The molecule has 0 N–H and O–H groups in total. The summed E-state index contributed by atoms with van der Waals surface area (Å²) in [5.41, 5.74) is 0. The Hall–Kier alpha value is -0.870. The summed E-state index contributed by atoms with van der Waals surface area (Å²) < 4.78 is 2.00. The SMILES string of the molecule is CC(c1cccs1)n1cnnc1CCl. The molecule has 0 fully saturated rings. The molecule has 2 aromatic rings. The van der Waals surface area contributed by atoms with Gasteiger partial charge >= 0.3 is 0 Å². The van der Waals surface area contributed by atoms with Gasteiger partial charge in [-0.25, -0.2) is 0 Å². The summed E-state index contributed by atoms with van der Waals surface area (Å²) in [6.07, 6.45) is 1.72. The van der Waals surface area contributed by atoms with Gasteiger partial charge in [0.1, 0.15) is 12.2 Å². The van der Waals surface area contributed by atoms with E-state index in [1.165, 1.54) is 4.88 Å². The van der Waals surface area contributed by atoms with Crippen LogP contribution in [-0.4, -0.2) is 14.8 Å². The minimum absolute atomic E-state index is 0.263. The second-order valence-corrected chi connectivity index (χ2v) is 4.23. The van der Waals surface area contributed by atoms with Crippen molar-refractivity contribution in [1.29, 1.82) is 0 Å². The second kappa shape index (κ2) is 4.11. The molecule has 14 heavy (non-hydrogen) atoms. The summed E-state index contributed by atoms with van der Waals surface area (Å²) in [5.74, 6) is 1.21. The van der Waals surface area contributed by atoms with E-state index in [1.807, 2.05) is 10.6 Å². The Labute approximate surface area is 91.4 Å². The summed E-state index contributed by atoms with van der Waals surface area (Å²) in [5, 5.41) is 9.87. The molecule has 0 aliphatic heterocycles. The molecule has 0 saturated heterocycles. The van der Waals surface area contributed by atoms with Crippen LogP contribution in [0.3, 0.4) is 0 Å². The van der Waals surface area contributed by atoms with Gasteiger partial charge in [-0.2, -0.15) is 0 Å². The number of hydrogen-bond donors (Lipinski definition) is 0. The van der Waals surface area contributed by atoms with Crippen molar-refractivity contribution in [3.05, 3.63) is 34.5 Å². The molecule has 5 heteroatoms. The normalized spacial score (nSPS) is 13.0. The number of aromatic nitrogens is 3. The van der Waals surface area contributed by atoms with E-state index in [2.05, 4.69) is 28.6 Å². The first kappa shape index (κ1) is 9.68. The highest BCUT2D eigenvalue weighted by molar-refractivity contribution is 7.10. The Morgan fingerprint density at radius 2 is 2.50 bits per heavy atom. The van der Waals surface area contributed by atoms with Crippen LogP contribution in [0.1, 0.15) is 23.7 Å². The minimum Gasteiger partial charge on any atom is -0.308 e. The Kier molecular flexibility index (Phi) is 2.84. The fourth-order valence-corrected chi connectivity index (χ4v) is 2.33. The zero-order valence-corrected chi connectivity index (χ0v) is 9.29. The molecule has 0 aliphatic rings. The first-order valence-corrected chi connectivity index (χ1v) is 5.72. The van der Waals surface area contributed by atoms with E-state index in [1.54, 1.807) is 17.7 Å². The smallest absolute Gasteiger partial charge is 0.148 e. The van der Waals surface area contributed by atoms with Crippen LogP contribution in [0.15, 0.2) is 23.8 Å². The van der Waals surface area contributed by atoms with E-state index in [0.29, 0.717) is 5.88 Å². The standard InChI is InChI=1S/C9H10ClN3S/c1-7(8-3-2-4-14-8)13-6-11-12-9(13)5-10/h2-4,6-7H,5H2,1H3. The van der Waals surface area contributed by atoms with E-state index in [-0.39, 0.29) is 6.04 Å². The van der Waals surface area contributed by atoms with Gasteiger partial charge in [-0.05, 0) is 18.4 Å². The van der Waals surface area contributed by atoms with Gasteiger partial charge < -0.3 is 4.57 Å². The van der Waals surface area contributed by atoms with Crippen LogP contribution in [0.5, 0.6) is 0 Å². The highest BCUT2D eigenvalue weighted by Crippen LogP contribution is 2.23. The predicted molar refractivity (Wildman–Crippen MR) is 57.7 cm³/mol. The number of halogens is 1. The number of hydrogen-bond acceptors (Lipinski definition) is 3. The third-order valence-corrected chi connectivity index (χ3v) is 3.42. The Bertz CT molecular complexity index is 396. The maximum absolute atomic E-state index is 5.76. The van der Waals surface area contributed by atoms with Gasteiger partial charge in [0, 0.05) is 4.88 Å². The molecule has 2 heterocycles. The molecule has 0 bridgehead atoms. The van der Waals surface area contributed by atoms with Gasteiger partial charge in [-0.3, -0.25) is 0 Å². The molecule has 2 aromatic heterocycles. The summed E-state index contributed by atoms with van der Waals surface area (Å²) in [7, 11) is 0. The highest BCUT2D eigenvalue weighted by atomic mass is 35.5. The van der Waals surface area contributed by atoms with Gasteiger partial charge in [-0.15, -0.1) is 33.1 Å². The lowest BCUT2D eigenvalue weighted by Gasteiger charge is -2.12. The lowest BCUT2D eigenvalue weighted by Crippen LogP contribution is -2.07. The molecular formula is C9H10ClN3S. The van der Waals surface area contributed by atoms with Gasteiger partial charge in [0.2, 0.25) is 0 Å². The number of thiophene rings is 1. The molecule has 0 aliphatic carbocycles. The minimum atomic E-state index is 0.263. The van der Waals surface area contributed by atoms with Gasteiger partial charge in [-0.1, -0.05) is 6.07 Å². The van der Waals surface area contributed by atoms with Crippen LogP contribution in [0.2, 0.25) is 0 Å². The number of nitrogens with zero attached hydrogens (tertiary/aromatic N) is 3. The number of alkyl halides is 1. The van der Waals surface area contributed by atoms with Crippen molar-refractivity contribution in [2.75, 3.05) is 0 Å². The quantitative estimate of drug-likeness (QED) is 0.755. The van der Waals surface area contributed by atoms with E-state index in [9.17, 15) is 0 Å². The van der Waals surface area contributed by atoms with Crippen LogP contribution < -0.4 is 0 Å². The third-order valence-electron chi connectivity index (χ3n) is 2.14. The summed E-state index contributed by atoms with van der Waals surface area (Å²) in [6.45, 7) is 2.12. The monoisotopic (exact) mass is 227 g/mol. The topological polar surface area (TPSA) is 30.7 Å². The molecule has 0 amide bonds.